The van der Waals surface area contributed by atoms with Crippen LogP contribution in [0.15, 0.2) is 42.5 Å². The van der Waals surface area contributed by atoms with Gasteiger partial charge in [-0.3, -0.25) is 4.79 Å². The van der Waals surface area contributed by atoms with Crippen LogP contribution < -0.4 is 10.1 Å². The van der Waals surface area contributed by atoms with Crippen LogP contribution in [0.1, 0.15) is 32.9 Å². The summed E-state index contributed by atoms with van der Waals surface area (Å²) >= 11 is 0. The molecule has 144 valence electrons. The number of carbonyl (C=O) groups is 1. The largest absolute Gasteiger partial charge is 0.493 e. The van der Waals surface area contributed by atoms with Crippen LogP contribution in [-0.2, 0) is 6.42 Å². The summed E-state index contributed by atoms with van der Waals surface area (Å²) < 4.78 is 5.80. The first-order valence-corrected chi connectivity index (χ1v) is 9.51. The standard InChI is InChI=1S/C22H24N4O2/c1-14-8-9-19(15(2)10-14)26-24-16(3)21(25-26)22(27)23-12-17-11-18-6-4-5-7-20(18)28-13-17/h4-10,17H,11-13H2,1-3H3,(H,23,27). The molecule has 0 fully saturated rings. The highest BCUT2D eigenvalue weighted by Crippen LogP contribution is 2.26. The number of nitrogens with zero attached hydrogens (tertiary/aromatic N) is 3. The van der Waals surface area contributed by atoms with Gasteiger partial charge < -0.3 is 10.1 Å². The summed E-state index contributed by atoms with van der Waals surface area (Å²) in [5.74, 6) is 0.984. The van der Waals surface area contributed by atoms with Gasteiger partial charge in [-0.2, -0.15) is 9.90 Å². The van der Waals surface area contributed by atoms with Gasteiger partial charge in [0.05, 0.1) is 18.0 Å². The lowest BCUT2D eigenvalue weighted by Crippen LogP contribution is -2.35. The number of fused-ring (bicyclic) bond motifs is 1. The summed E-state index contributed by atoms with van der Waals surface area (Å²) in [5, 5.41) is 11.9. The van der Waals surface area contributed by atoms with E-state index in [0.717, 1.165) is 23.4 Å². The average Bonchev–Trinajstić information content (AvgIpc) is 3.07. The monoisotopic (exact) mass is 376 g/mol. The van der Waals surface area contributed by atoms with Gasteiger partial charge in [-0.05, 0) is 50.5 Å². The molecule has 0 saturated carbocycles. The molecule has 1 aromatic heterocycles. The van der Waals surface area contributed by atoms with Crippen LogP contribution in [0.25, 0.3) is 5.69 Å². The number of aromatic nitrogens is 3. The fourth-order valence-corrected chi connectivity index (χ4v) is 3.57. The Morgan fingerprint density at radius 2 is 2.00 bits per heavy atom. The van der Waals surface area contributed by atoms with Crippen molar-refractivity contribution in [2.75, 3.05) is 13.2 Å². The lowest BCUT2D eigenvalue weighted by atomic mass is 9.97. The number of hydrogen-bond donors (Lipinski definition) is 1. The van der Waals surface area contributed by atoms with Gasteiger partial charge in [0.1, 0.15) is 5.75 Å². The number of hydrogen-bond acceptors (Lipinski definition) is 4. The van der Waals surface area contributed by atoms with Crippen LogP contribution in [0, 0.1) is 26.7 Å². The topological polar surface area (TPSA) is 69.0 Å². The maximum absolute atomic E-state index is 12.7. The van der Waals surface area contributed by atoms with Crippen molar-refractivity contribution in [1.29, 1.82) is 0 Å². The molecule has 4 rings (SSSR count). The van der Waals surface area contributed by atoms with Crippen LogP contribution in [0.4, 0.5) is 0 Å². The zero-order chi connectivity index (χ0) is 19.7. The van der Waals surface area contributed by atoms with Gasteiger partial charge in [0, 0.05) is 12.5 Å². The van der Waals surface area contributed by atoms with Gasteiger partial charge in [0.2, 0.25) is 0 Å². The summed E-state index contributed by atoms with van der Waals surface area (Å²) in [7, 11) is 0. The molecule has 1 amide bonds. The van der Waals surface area contributed by atoms with Crippen molar-refractivity contribution in [2.24, 2.45) is 5.92 Å². The van der Waals surface area contributed by atoms with Crippen molar-refractivity contribution >= 4 is 5.91 Å². The Hall–Kier alpha value is -3.15. The van der Waals surface area contributed by atoms with Crippen LogP contribution >= 0.6 is 0 Å². The van der Waals surface area contributed by atoms with E-state index >= 15 is 0 Å². The lowest BCUT2D eigenvalue weighted by molar-refractivity contribution is 0.0933. The van der Waals surface area contributed by atoms with E-state index in [0.29, 0.717) is 24.5 Å². The number of carbonyl (C=O) groups excluding carboxylic acids is 1. The van der Waals surface area contributed by atoms with E-state index in [4.69, 9.17) is 4.74 Å². The molecule has 2 aromatic carbocycles. The van der Waals surface area contributed by atoms with Gasteiger partial charge in [0.25, 0.3) is 5.91 Å². The SMILES string of the molecule is Cc1ccc(-n2nc(C)c(C(=O)NCC3COc4ccccc4C3)n2)c(C)c1. The number of rotatable bonds is 4. The van der Waals surface area contributed by atoms with E-state index in [-0.39, 0.29) is 11.8 Å². The van der Waals surface area contributed by atoms with Crippen molar-refractivity contribution in [3.8, 4) is 11.4 Å². The third kappa shape index (κ3) is 3.63. The summed E-state index contributed by atoms with van der Waals surface area (Å²) in [6.45, 7) is 7.02. The molecule has 1 aliphatic heterocycles. The molecule has 2 heterocycles. The Morgan fingerprint density at radius 3 is 2.82 bits per heavy atom. The van der Waals surface area contributed by atoms with Crippen LogP contribution in [0.5, 0.6) is 5.75 Å². The van der Waals surface area contributed by atoms with Crippen molar-refractivity contribution in [1.82, 2.24) is 20.3 Å². The number of para-hydroxylation sites is 1. The number of ether oxygens (including phenoxy) is 1. The lowest BCUT2D eigenvalue weighted by Gasteiger charge is -2.25. The van der Waals surface area contributed by atoms with Gasteiger partial charge in [-0.25, -0.2) is 0 Å². The predicted molar refractivity (Wildman–Crippen MR) is 107 cm³/mol. The van der Waals surface area contributed by atoms with Crippen molar-refractivity contribution < 1.29 is 9.53 Å². The molecule has 3 aromatic rings. The smallest absolute Gasteiger partial charge is 0.273 e. The maximum atomic E-state index is 12.7. The van der Waals surface area contributed by atoms with Gasteiger partial charge >= 0.3 is 0 Å². The van der Waals surface area contributed by atoms with E-state index in [1.807, 2.05) is 51.1 Å². The molecular formula is C22H24N4O2. The van der Waals surface area contributed by atoms with E-state index in [2.05, 4.69) is 27.6 Å². The Morgan fingerprint density at radius 1 is 1.18 bits per heavy atom. The molecule has 1 atom stereocenters. The minimum Gasteiger partial charge on any atom is -0.493 e. The van der Waals surface area contributed by atoms with E-state index in [1.165, 1.54) is 11.1 Å². The van der Waals surface area contributed by atoms with Crippen molar-refractivity contribution in [3.63, 3.8) is 0 Å². The molecule has 6 heteroatoms. The molecule has 0 radical (unpaired) electrons. The normalized spacial score (nSPS) is 15.6. The Balaban J connectivity index is 1.44. The summed E-state index contributed by atoms with van der Waals surface area (Å²) in [6, 6.07) is 14.1. The highest BCUT2D eigenvalue weighted by atomic mass is 16.5. The fourth-order valence-electron chi connectivity index (χ4n) is 3.57. The summed E-state index contributed by atoms with van der Waals surface area (Å²) in [4.78, 5) is 14.2. The third-order valence-corrected chi connectivity index (χ3v) is 5.07. The molecule has 6 nitrogen and oxygen atoms in total. The Bertz CT molecular complexity index is 1030. The molecule has 0 saturated heterocycles. The van der Waals surface area contributed by atoms with E-state index in [1.54, 1.807) is 4.80 Å². The molecule has 0 aliphatic carbocycles. The Kier molecular flexibility index (Phi) is 4.86. The van der Waals surface area contributed by atoms with E-state index < -0.39 is 0 Å². The number of nitrogens with one attached hydrogen (secondary N) is 1. The molecule has 28 heavy (non-hydrogen) atoms. The molecular weight excluding hydrogens is 352 g/mol. The highest BCUT2D eigenvalue weighted by Gasteiger charge is 2.22. The number of aryl methyl sites for hydroxylation is 3. The summed E-state index contributed by atoms with van der Waals surface area (Å²) in [6.07, 6.45) is 0.894. The zero-order valence-corrected chi connectivity index (χ0v) is 16.4. The molecule has 1 N–H and O–H groups in total. The second-order valence-electron chi connectivity index (χ2n) is 7.41. The first-order valence-electron chi connectivity index (χ1n) is 9.51. The van der Waals surface area contributed by atoms with Crippen molar-refractivity contribution in [3.05, 3.63) is 70.5 Å². The zero-order valence-electron chi connectivity index (χ0n) is 16.4. The highest BCUT2D eigenvalue weighted by molar-refractivity contribution is 5.93. The van der Waals surface area contributed by atoms with Crippen molar-refractivity contribution in [2.45, 2.75) is 27.2 Å². The number of benzene rings is 2. The van der Waals surface area contributed by atoms with Gasteiger partial charge in [-0.1, -0.05) is 35.9 Å². The van der Waals surface area contributed by atoms with Crippen LogP contribution in [-0.4, -0.2) is 34.1 Å². The minimum absolute atomic E-state index is 0.202. The van der Waals surface area contributed by atoms with Gasteiger partial charge in [0.15, 0.2) is 5.69 Å². The molecule has 1 aliphatic rings. The first-order chi connectivity index (χ1) is 13.5. The molecule has 0 bridgehead atoms. The van der Waals surface area contributed by atoms with E-state index in [9.17, 15) is 4.79 Å². The quantitative estimate of drug-likeness (QED) is 0.759. The van der Waals surface area contributed by atoms with Crippen LogP contribution in [0.2, 0.25) is 0 Å². The summed E-state index contributed by atoms with van der Waals surface area (Å²) in [5.41, 5.74) is 5.29. The van der Waals surface area contributed by atoms with Gasteiger partial charge in [-0.15, -0.1) is 5.10 Å². The predicted octanol–water partition coefficient (Wildman–Crippen LogP) is 3.17. The number of amides is 1. The fraction of sp³-hybridized carbons (Fsp3) is 0.318. The molecule has 1 unspecified atom stereocenters. The van der Waals surface area contributed by atoms with Crippen LogP contribution in [0.3, 0.4) is 0 Å². The Labute approximate surface area is 164 Å². The second kappa shape index (κ2) is 7.46. The minimum atomic E-state index is -0.202. The molecule has 0 spiro atoms. The first kappa shape index (κ1) is 18.2. The second-order valence-corrected chi connectivity index (χ2v) is 7.41. The maximum Gasteiger partial charge on any atom is 0.273 e. The average molecular weight is 376 g/mol. The third-order valence-electron chi connectivity index (χ3n) is 5.07.